The van der Waals surface area contributed by atoms with E-state index in [4.69, 9.17) is 18.0 Å². The number of amides is 1. The standard InChI is InChI=1S/C12H19N3OS2/c1-14(7-10-4-6-18-9-10)8-12(16)15(2)5-3-11(13)17/h4,6,9H,3,5,7-8H2,1-2H3,(H2,13,17). The number of likely N-dealkylation sites (N-methyl/N-ethyl adjacent to an activating group) is 2. The lowest BCUT2D eigenvalue weighted by Crippen LogP contribution is -2.37. The molecule has 0 radical (unpaired) electrons. The van der Waals surface area contributed by atoms with E-state index in [0.717, 1.165) is 6.54 Å². The third-order valence-corrected chi connectivity index (χ3v) is 3.49. The Morgan fingerprint density at radius 3 is 2.78 bits per heavy atom. The zero-order valence-corrected chi connectivity index (χ0v) is 12.4. The van der Waals surface area contributed by atoms with Gasteiger partial charge in [-0.2, -0.15) is 11.3 Å². The first-order chi connectivity index (χ1) is 8.49. The normalized spacial score (nSPS) is 10.6. The smallest absolute Gasteiger partial charge is 0.236 e. The molecular weight excluding hydrogens is 266 g/mol. The summed E-state index contributed by atoms with van der Waals surface area (Å²) in [6, 6.07) is 2.07. The van der Waals surface area contributed by atoms with Gasteiger partial charge in [0.1, 0.15) is 0 Å². The molecule has 0 unspecified atom stereocenters. The number of hydrogen-bond acceptors (Lipinski definition) is 4. The van der Waals surface area contributed by atoms with Gasteiger partial charge in [-0.15, -0.1) is 0 Å². The molecule has 0 aliphatic heterocycles. The number of rotatable bonds is 7. The molecule has 1 aromatic rings. The van der Waals surface area contributed by atoms with Gasteiger partial charge in [0.15, 0.2) is 0 Å². The SMILES string of the molecule is CN(CC(=O)N(C)CCC(N)=S)Cc1ccsc1. The monoisotopic (exact) mass is 285 g/mol. The van der Waals surface area contributed by atoms with Gasteiger partial charge in [0.05, 0.1) is 11.5 Å². The van der Waals surface area contributed by atoms with Crippen molar-refractivity contribution in [3.63, 3.8) is 0 Å². The van der Waals surface area contributed by atoms with Crippen LogP contribution >= 0.6 is 23.6 Å². The highest BCUT2D eigenvalue weighted by atomic mass is 32.1. The van der Waals surface area contributed by atoms with Gasteiger partial charge in [-0.1, -0.05) is 12.2 Å². The Morgan fingerprint density at radius 2 is 2.22 bits per heavy atom. The third kappa shape index (κ3) is 5.57. The molecule has 1 amide bonds. The molecule has 0 fully saturated rings. The average molecular weight is 285 g/mol. The minimum absolute atomic E-state index is 0.0870. The van der Waals surface area contributed by atoms with Gasteiger partial charge in [0.25, 0.3) is 0 Å². The zero-order valence-electron chi connectivity index (χ0n) is 10.8. The Morgan fingerprint density at radius 1 is 1.50 bits per heavy atom. The second-order valence-electron chi connectivity index (χ2n) is 4.34. The molecule has 0 bridgehead atoms. The highest BCUT2D eigenvalue weighted by molar-refractivity contribution is 7.80. The summed E-state index contributed by atoms with van der Waals surface area (Å²) in [4.78, 5) is 16.0. The number of nitrogens with zero attached hydrogens (tertiary/aromatic N) is 2. The lowest BCUT2D eigenvalue weighted by molar-refractivity contribution is -0.130. The fourth-order valence-electron chi connectivity index (χ4n) is 1.50. The van der Waals surface area contributed by atoms with Crippen molar-refractivity contribution in [1.82, 2.24) is 9.80 Å². The number of thiocarbonyl (C=S) groups is 1. The minimum Gasteiger partial charge on any atom is -0.393 e. The van der Waals surface area contributed by atoms with Crippen LogP contribution in [0.25, 0.3) is 0 Å². The van der Waals surface area contributed by atoms with Crippen LogP contribution in [0, 0.1) is 0 Å². The van der Waals surface area contributed by atoms with Gasteiger partial charge in [-0.3, -0.25) is 9.69 Å². The van der Waals surface area contributed by atoms with E-state index in [0.29, 0.717) is 24.5 Å². The van der Waals surface area contributed by atoms with E-state index >= 15 is 0 Å². The number of carbonyl (C=O) groups excluding carboxylic acids is 1. The highest BCUT2D eigenvalue weighted by Crippen LogP contribution is 2.08. The number of thiophene rings is 1. The summed E-state index contributed by atoms with van der Waals surface area (Å²) >= 11 is 6.46. The summed E-state index contributed by atoms with van der Waals surface area (Å²) in [6.45, 7) is 1.78. The molecule has 1 rings (SSSR count). The van der Waals surface area contributed by atoms with Crippen LogP contribution in [0.1, 0.15) is 12.0 Å². The lowest BCUT2D eigenvalue weighted by atomic mass is 10.3. The van der Waals surface area contributed by atoms with E-state index in [-0.39, 0.29) is 5.91 Å². The molecule has 0 saturated heterocycles. The fourth-order valence-corrected chi connectivity index (χ4v) is 2.26. The largest absolute Gasteiger partial charge is 0.393 e. The van der Waals surface area contributed by atoms with Crippen molar-refractivity contribution in [2.24, 2.45) is 5.73 Å². The number of carbonyl (C=O) groups is 1. The predicted octanol–water partition coefficient (Wildman–Crippen LogP) is 1.31. The van der Waals surface area contributed by atoms with Crippen molar-refractivity contribution in [2.45, 2.75) is 13.0 Å². The number of hydrogen-bond donors (Lipinski definition) is 1. The van der Waals surface area contributed by atoms with Crippen LogP contribution in [0.15, 0.2) is 16.8 Å². The summed E-state index contributed by atoms with van der Waals surface area (Å²) in [5, 5.41) is 4.14. The quantitative estimate of drug-likeness (QED) is 0.768. The molecule has 4 nitrogen and oxygen atoms in total. The predicted molar refractivity (Wildman–Crippen MR) is 79.7 cm³/mol. The topological polar surface area (TPSA) is 49.6 Å². The molecule has 1 aromatic heterocycles. The lowest BCUT2D eigenvalue weighted by Gasteiger charge is -2.21. The Hall–Kier alpha value is -0.980. The van der Waals surface area contributed by atoms with Gasteiger partial charge in [0, 0.05) is 26.6 Å². The average Bonchev–Trinajstić information content (AvgIpc) is 2.78. The molecule has 18 heavy (non-hydrogen) atoms. The Labute approximate surface area is 117 Å². The molecule has 0 aliphatic carbocycles. The van der Waals surface area contributed by atoms with Crippen LogP contribution < -0.4 is 5.73 Å². The maximum absolute atomic E-state index is 11.9. The second kappa shape index (κ2) is 7.45. The fraction of sp³-hybridized carbons (Fsp3) is 0.500. The summed E-state index contributed by atoms with van der Waals surface area (Å²) in [6.07, 6.45) is 0.575. The van der Waals surface area contributed by atoms with Crippen LogP contribution in [0.3, 0.4) is 0 Å². The van der Waals surface area contributed by atoms with Crippen molar-refractivity contribution in [3.8, 4) is 0 Å². The summed E-state index contributed by atoms with van der Waals surface area (Å²) in [5.41, 5.74) is 6.65. The van der Waals surface area contributed by atoms with Gasteiger partial charge >= 0.3 is 0 Å². The van der Waals surface area contributed by atoms with Crippen molar-refractivity contribution < 1.29 is 4.79 Å². The van der Waals surface area contributed by atoms with E-state index in [1.165, 1.54) is 5.56 Å². The molecule has 0 spiro atoms. The molecule has 6 heteroatoms. The Balaban J connectivity index is 2.32. The van der Waals surface area contributed by atoms with Gasteiger partial charge < -0.3 is 10.6 Å². The van der Waals surface area contributed by atoms with Crippen LogP contribution in [0.2, 0.25) is 0 Å². The van der Waals surface area contributed by atoms with E-state index in [1.807, 2.05) is 17.3 Å². The van der Waals surface area contributed by atoms with Gasteiger partial charge in [0.2, 0.25) is 5.91 Å². The summed E-state index contributed by atoms with van der Waals surface area (Å²) in [7, 11) is 3.72. The Bertz CT molecular complexity index is 392. The first-order valence-corrected chi connectivity index (χ1v) is 7.06. The van der Waals surface area contributed by atoms with Crippen molar-refractivity contribution in [1.29, 1.82) is 0 Å². The molecule has 0 saturated carbocycles. The summed E-state index contributed by atoms with van der Waals surface area (Å²) in [5.74, 6) is 0.0870. The molecular formula is C12H19N3OS2. The van der Waals surface area contributed by atoms with Crippen molar-refractivity contribution >= 4 is 34.5 Å². The van der Waals surface area contributed by atoms with Crippen LogP contribution in [0.5, 0.6) is 0 Å². The first-order valence-electron chi connectivity index (χ1n) is 5.71. The molecule has 0 aliphatic rings. The van der Waals surface area contributed by atoms with Crippen molar-refractivity contribution in [2.75, 3.05) is 27.2 Å². The van der Waals surface area contributed by atoms with Gasteiger partial charge in [-0.05, 0) is 29.4 Å². The second-order valence-corrected chi connectivity index (χ2v) is 5.64. The summed E-state index contributed by atoms with van der Waals surface area (Å²) < 4.78 is 0. The Kier molecular flexibility index (Phi) is 6.24. The first kappa shape index (κ1) is 15.1. The van der Waals surface area contributed by atoms with Crippen LogP contribution in [0.4, 0.5) is 0 Å². The van der Waals surface area contributed by atoms with E-state index in [9.17, 15) is 4.79 Å². The van der Waals surface area contributed by atoms with Crippen molar-refractivity contribution in [3.05, 3.63) is 22.4 Å². The molecule has 1 heterocycles. The zero-order chi connectivity index (χ0) is 13.5. The molecule has 100 valence electrons. The van der Waals surface area contributed by atoms with Gasteiger partial charge in [-0.25, -0.2) is 0 Å². The highest BCUT2D eigenvalue weighted by Gasteiger charge is 2.12. The maximum atomic E-state index is 11.9. The van der Waals surface area contributed by atoms with E-state index in [2.05, 4.69) is 11.4 Å². The minimum atomic E-state index is 0.0870. The molecule has 0 atom stereocenters. The van der Waals surface area contributed by atoms with E-state index < -0.39 is 0 Å². The van der Waals surface area contributed by atoms with E-state index in [1.54, 1.807) is 23.3 Å². The van der Waals surface area contributed by atoms with Crippen LogP contribution in [-0.4, -0.2) is 47.9 Å². The number of nitrogens with two attached hydrogens (primary N) is 1. The van der Waals surface area contributed by atoms with Crippen LogP contribution in [-0.2, 0) is 11.3 Å². The maximum Gasteiger partial charge on any atom is 0.236 e. The molecule has 0 aromatic carbocycles. The molecule has 2 N–H and O–H groups in total. The third-order valence-electron chi connectivity index (χ3n) is 2.56.